The van der Waals surface area contributed by atoms with Gasteiger partial charge in [-0.05, 0) is 53.1 Å². The van der Waals surface area contributed by atoms with Crippen LogP contribution in [0, 0.1) is 3.57 Å². The maximum atomic E-state index is 12.3. The highest BCUT2D eigenvalue weighted by atomic mass is 127. The first-order chi connectivity index (χ1) is 10.6. The number of carbonyl (C=O) groups excluding carboxylic acids is 2. The van der Waals surface area contributed by atoms with E-state index in [0.717, 1.165) is 22.0 Å². The highest BCUT2D eigenvalue weighted by Gasteiger charge is 2.52. The van der Waals surface area contributed by atoms with E-state index in [4.69, 9.17) is 4.74 Å². The topological polar surface area (TPSA) is 43.4 Å². The minimum Gasteiger partial charge on any atom is -0.457 e. The monoisotopic (exact) mass is 406 g/mol. The molecule has 1 aliphatic rings. The van der Waals surface area contributed by atoms with Crippen LogP contribution in [-0.2, 0) is 14.9 Å². The molecule has 0 aliphatic heterocycles. The Morgan fingerprint density at radius 2 is 1.64 bits per heavy atom. The predicted molar refractivity (Wildman–Crippen MR) is 91.8 cm³/mol. The van der Waals surface area contributed by atoms with E-state index in [1.807, 2.05) is 42.5 Å². The molecule has 2 aromatic carbocycles. The van der Waals surface area contributed by atoms with Crippen LogP contribution in [-0.4, -0.2) is 18.4 Å². The SMILES string of the molecule is O=C(COC(=O)C1(c2ccccc2)CC1)c1ccc(I)cc1. The van der Waals surface area contributed by atoms with Crippen molar-refractivity contribution < 1.29 is 14.3 Å². The molecule has 0 saturated heterocycles. The maximum absolute atomic E-state index is 12.3. The van der Waals surface area contributed by atoms with Gasteiger partial charge in [-0.3, -0.25) is 9.59 Å². The van der Waals surface area contributed by atoms with Gasteiger partial charge in [0, 0.05) is 9.13 Å². The smallest absolute Gasteiger partial charge is 0.317 e. The van der Waals surface area contributed by atoms with Gasteiger partial charge in [0.25, 0.3) is 0 Å². The standard InChI is InChI=1S/C18H15IO3/c19-15-8-6-13(7-9-15)16(20)12-22-17(21)18(10-11-18)14-4-2-1-3-5-14/h1-9H,10-12H2. The summed E-state index contributed by atoms with van der Waals surface area (Å²) in [5.74, 6) is -0.467. The molecule has 22 heavy (non-hydrogen) atoms. The Balaban J connectivity index is 1.63. The van der Waals surface area contributed by atoms with E-state index in [1.54, 1.807) is 12.1 Å². The summed E-state index contributed by atoms with van der Waals surface area (Å²) in [6.07, 6.45) is 1.57. The minimum absolute atomic E-state index is 0.173. The quantitative estimate of drug-likeness (QED) is 0.432. The van der Waals surface area contributed by atoms with Gasteiger partial charge in [-0.1, -0.05) is 42.5 Å². The van der Waals surface area contributed by atoms with Crippen LogP contribution < -0.4 is 0 Å². The molecule has 3 rings (SSSR count). The molecule has 3 nitrogen and oxygen atoms in total. The third kappa shape index (κ3) is 3.06. The number of ether oxygens (including phenoxy) is 1. The van der Waals surface area contributed by atoms with Gasteiger partial charge in [-0.15, -0.1) is 0 Å². The number of halogens is 1. The summed E-state index contributed by atoms with van der Waals surface area (Å²) >= 11 is 2.18. The van der Waals surface area contributed by atoms with Gasteiger partial charge >= 0.3 is 5.97 Å². The Labute approximate surface area is 142 Å². The molecule has 1 saturated carbocycles. The molecule has 0 amide bonds. The lowest BCUT2D eigenvalue weighted by molar-refractivity contribution is -0.145. The molecule has 0 unspecified atom stereocenters. The summed E-state index contributed by atoms with van der Waals surface area (Å²) in [7, 11) is 0. The van der Waals surface area contributed by atoms with E-state index in [1.165, 1.54) is 0 Å². The minimum atomic E-state index is -0.534. The van der Waals surface area contributed by atoms with E-state index in [2.05, 4.69) is 22.6 Å². The molecule has 0 heterocycles. The molecule has 112 valence electrons. The average molecular weight is 406 g/mol. The number of carbonyl (C=O) groups is 2. The number of benzene rings is 2. The fourth-order valence-electron chi connectivity index (χ4n) is 2.48. The molecule has 0 radical (unpaired) electrons. The molecule has 0 N–H and O–H groups in total. The lowest BCUT2D eigenvalue weighted by atomic mass is 9.96. The molecule has 0 bridgehead atoms. The van der Waals surface area contributed by atoms with Crippen molar-refractivity contribution in [2.45, 2.75) is 18.3 Å². The van der Waals surface area contributed by atoms with E-state index in [9.17, 15) is 9.59 Å². The Hall–Kier alpha value is -1.69. The number of hydrogen-bond acceptors (Lipinski definition) is 3. The van der Waals surface area contributed by atoms with Crippen LogP contribution >= 0.6 is 22.6 Å². The van der Waals surface area contributed by atoms with Crippen LogP contribution in [0.4, 0.5) is 0 Å². The molecule has 0 aromatic heterocycles. The zero-order valence-corrected chi connectivity index (χ0v) is 14.1. The fraction of sp³-hybridized carbons (Fsp3) is 0.222. The van der Waals surface area contributed by atoms with Gasteiger partial charge in [0.2, 0.25) is 0 Å². The van der Waals surface area contributed by atoms with Crippen LogP contribution in [0.3, 0.4) is 0 Å². The van der Waals surface area contributed by atoms with E-state index >= 15 is 0 Å². The summed E-state index contributed by atoms with van der Waals surface area (Å²) < 4.78 is 6.34. The van der Waals surface area contributed by atoms with Crippen molar-refractivity contribution in [3.63, 3.8) is 0 Å². The second kappa shape index (κ2) is 6.20. The van der Waals surface area contributed by atoms with Gasteiger partial charge in [0.05, 0.1) is 5.41 Å². The van der Waals surface area contributed by atoms with Crippen molar-refractivity contribution in [1.29, 1.82) is 0 Å². The zero-order chi connectivity index (χ0) is 15.6. The zero-order valence-electron chi connectivity index (χ0n) is 11.9. The molecule has 0 spiro atoms. The van der Waals surface area contributed by atoms with Crippen LogP contribution in [0.15, 0.2) is 54.6 Å². The Morgan fingerprint density at radius 3 is 2.23 bits per heavy atom. The summed E-state index contributed by atoms with van der Waals surface area (Å²) in [5.41, 5.74) is 1.01. The number of hydrogen-bond donors (Lipinski definition) is 0. The molecule has 0 atom stereocenters. The van der Waals surface area contributed by atoms with Crippen molar-refractivity contribution in [3.8, 4) is 0 Å². The van der Waals surface area contributed by atoms with E-state index < -0.39 is 5.41 Å². The van der Waals surface area contributed by atoms with E-state index in [-0.39, 0.29) is 18.4 Å². The summed E-state index contributed by atoms with van der Waals surface area (Å²) in [5, 5.41) is 0. The largest absolute Gasteiger partial charge is 0.457 e. The van der Waals surface area contributed by atoms with Crippen molar-refractivity contribution in [2.75, 3.05) is 6.61 Å². The third-order valence-electron chi connectivity index (χ3n) is 3.97. The van der Waals surface area contributed by atoms with Crippen molar-refractivity contribution in [1.82, 2.24) is 0 Å². The van der Waals surface area contributed by atoms with Gasteiger partial charge in [0.1, 0.15) is 0 Å². The molecule has 1 aliphatic carbocycles. The second-order valence-electron chi connectivity index (χ2n) is 5.45. The van der Waals surface area contributed by atoms with Crippen LogP contribution in [0.5, 0.6) is 0 Å². The number of esters is 1. The number of ketones is 1. The first kappa shape index (κ1) is 15.2. The van der Waals surface area contributed by atoms with Crippen molar-refractivity contribution in [2.24, 2.45) is 0 Å². The summed E-state index contributed by atoms with van der Waals surface area (Å²) in [4.78, 5) is 24.4. The Morgan fingerprint density at radius 1 is 1.00 bits per heavy atom. The van der Waals surface area contributed by atoms with Gasteiger partial charge < -0.3 is 4.74 Å². The first-order valence-corrected chi connectivity index (χ1v) is 8.21. The molecular formula is C18H15IO3. The Bertz CT molecular complexity index is 688. The number of rotatable bonds is 5. The molecule has 2 aromatic rings. The van der Waals surface area contributed by atoms with Gasteiger partial charge in [-0.2, -0.15) is 0 Å². The highest BCUT2D eigenvalue weighted by molar-refractivity contribution is 14.1. The lowest BCUT2D eigenvalue weighted by Gasteiger charge is -2.14. The Kier molecular flexibility index (Phi) is 4.29. The van der Waals surface area contributed by atoms with Crippen LogP contribution in [0.25, 0.3) is 0 Å². The first-order valence-electron chi connectivity index (χ1n) is 7.13. The molecule has 1 fully saturated rings. The second-order valence-corrected chi connectivity index (χ2v) is 6.70. The van der Waals surface area contributed by atoms with Crippen molar-refractivity contribution >= 4 is 34.3 Å². The molecular weight excluding hydrogens is 391 g/mol. The molecule has 4 heteroatoms. The predicted octanol–water partition coefficient (Wildman–Crippen LogP) is 3.75. The third-order valence-corrected chi connectivity index (χ3v) is 4.69. The number of Topliss-reactive ketones (excluding diaryl/α,β-unsaturated/α-hetero) is 1. The highest BCUT2D eigenvalue weighted by Crippen LogP contribution is 2.49. The normalized spacial score (nSPS) is 15.1. The van der Waals surface area contributed by atoms with Crippen LogP contribution in [0.2, 0.25) is 0 Å². The lowest BCUT2D eigenvalue weighted by Crippen LogP contribution is -2.25. The maximum Gasteiger partial charge on any atom is 0.317 e. The van der Waals surface area contributed by atoms with Crippen LogP contribution in [0.1, 0.15) is 28.8 Å². The van der Waals surface area contributed by atoms with Crippen molar-refractivity contribution in [3.05, 3.63) is 69.3 Å². The summed E-state index contributed by atoms with van der Waals surface area (Å²) in [6, 6.07) is 16.9. The van der Waals surface area contributed by atoms with Gasteiger partial charge in [0.15, 0.2) is 12.4 Å². The fourth-order valence-corrected chi connectivity index (χ4v) is 2.84. The average Bonchev–Trinajstić information content (AvgIpc) is 3.36. The van der Waals surface area contributed by atoms with E-state index in [0.29, 0.717) is 5.56 Å². The van der Waals surface area contributed by atoms with Gasteiger partial charge in [-0.25, -0.2) is 0 Å². The summed E-state index contributed by atoms with van der Waals surface area (Å²) in [6.45, 7) is -0.200.